The first-order valence-electron chi connectivity index (χ1n) is 10.1. The Balaban J connectivity index is 1.37. The van der Waals surface area contributed by atoms with E-state index < -0.39 is 0 Å². The number of amides is 1. The standard InChI is InChI=1S/C23H29N3O/c1-23(20-8-3-2-4-9-20)12-6-14-26(18-23)21-10-15-25(16-11-21)22(27)19-7-5-13-24-17-19/h2-5,7-9,13,17,21H,6,10-12,14-16,18H2,1H3/t23-/m0/s1. The Kier molecular flexibility index (Phi) is 5.26. The molecule has 2 fully saturated rings. The molecule has 2 aliphatic rings. The predicted octanol–water partition coefficient (Wildman–Crippen LogP) is 3.74. The van der Waals surface area contributed by atoms with Crippen LogP contribution in [0.2, 0.25) is 0 Å². The monoisotopic (exact) mass is 363 g/mol. The molecule has 1 aromatic carbocycles. The quantitative estimate of drug-likeness (QED) is 0.833. The summed E-state index contributed by atoms with van der Waals surface area (Å²) in [6, 6.07) is 15.2. The highest BCUT2D eigenvalue weighted by molar-refractivity contribution is 5.93. The van der Waals surface area contributed by atoms with Gasteiger partial charge in [0.15, 0.2) is 0 Å². The molecule has 0 unspecified atom stereocenters. The molecule has 3 heterocycles. The van der Waals surface area contributed by atoms with Gasteiger partial charge in [0.2, 0.25) is 0 Å². The topological polar surface area (TPSA) is 36.4 Å². The van der Waals surface area contributed by atoms with Gasteiger partial charge in [-0.05, 0) is 49.9 Å². The minimum absolute atomic E-state index is 0.120. The van der Waals surface area contributed by atoms with E-state index in [1.165, 1.54) is 24.9 Å². The number of hydrogen-bond donors (Lipinski definition) is 0. The third-order valence-electron chi connectivity index (χ3n) is 6.37. The molecule has 2 saturated heterocycles. The van der Waals surface area contributed by atoms with Crippen molar-refractivity contribution < 1.29 is 4.79 Å². The highest BCUT2D eigenvalue weighted by atomic mass is 16.2. The van der Waals surface area contributed by atoms with Crippen LogP contribution in [0.4, 0.5) is 0 Å². The van der Waals surface area contributed by atoms with Crippen molar-refractivity contribution in [2.45, 2.75) is 44.1 Å². The van der Waals surface area contributed by atoms with E-state index in [9.17, 15) is 4.79 Å². The van der Waals surface area contributed by atoms with Crippen LogP contribution in [0.3, 0.4) is 0 Å². The summed E-state index contributed by atoms with van der Waals surface area (Å²) in [5, 5.41) is 0. The minimum atomic E-state index is 0.120. The summed E-state index contributed by atoms with van der Waals surface area (Å²) in [5.74, 6) is 0.120. The van der Waals surface area contributed by atoms with Crippen molar-refractivity contribution in [3.8, 4) is 0 Å². The third kappa shape index (κ3) is 3.91. The highest BCUT2D eigenvalue weighted by Crippen LogP contribution is 2.35. The minimum Gasteiger partial charge on any atom is -0.338 e. The molecule has 0 aliphatic carbocycles. The van der Waals surface area contributed by atoms with Crippen molar-refractivity contribution in [1.82, 2.24) is 14.8 Å². The van der Waals surface area contributed by atoms with Gasteiger partial charge in [-0.25, -0.2) is 0 Å². The maximum Gasteiger partial charge on any atom is 0.255 e. The van der Waals surface area contributed by atoms with Crippen LogP contribution in [0.15, 0.2) is 54.9 Å². The van der Waals surface area contributed by atoms with Crippen molar-refractivity contribution >= 4 is 5.91 Å². The highest BCUT2D eigenvalue weighted by Gasteiger charge is 2.36. The predicted molar refractivity (Wildman–Crippen MR) is 108 cm³/mol. The molecule has 1 atom stereocenters. The lowest BCUT2D eigenvalue weighted by Gasteiger charge is -2.46. The summed E-state index contributed by atoms with van der Waals surface area (Å²) in [7, 11) is 0. The summed E-state index contributed by atoms with van der Waals surface area (Å²) in [4.78, 5) is 21.4. The first-order chi connectivity index (χ1) is 13.2. The van der Waals surface area contributed by atoms with Crippen molar-refractivity contribution in [3.63, 3.8) is 0 Å². The third-order valence-corrected chi connectivity index (χ3v) is 6.37. The van der Waals surface area contributed by atoms with E-state index in [2.05, 4.69) is 47.1 Å². The summed E-state index contributed by atoms with van der Waals surface area (Å²) < 4.78 is 0. The number of hydrogen-bond acceptors (Lipinski definition) is 3. The van der Waals surface area contributed by atoms with Crippen molar-refractivity contribution in [2.75, 3.05) is 26.2 Å². The van der Waals surface area contributed by atoms with Gasteiger partial charge in [0.1, 0.15) is 0 Å². The van der Waals surface area contributed by atoms with Gasteiger partial charge in [-0.15, -0.1) is 0 Å². The molecular formula is C23H29N3O. The molecule has 0 saturated carbocycles. The van der Waals surface area contributed by atoms with Crippen LogP contribution in [0.5, 0.6) is 0 Å². The van der Waals surface area contributed by atoms with Gasteiger partial charge in [0, 0.05) is 43.5 Å². The summed E-state index contributed by atoms with van der Waals surface area (Å²) in [6.07, 6.45) is 8.02. The van der Waals surface area contributed by atoms with Crippen molar-refractivity contribution in [1.29, 1.82) is 0 Å². The Hall–Kier alpha value is -2.20. The van der Waals surface area contributed by atoms with Gasteiger partial charge < -0.3 is 4.90 Å². The molecule has 4 heteroatoms. The van der Waals surface area contributed by atoms with E-state index >= 15 is 0 Å². The Morgan fingerprint density at radius 1 is 1.07 bits per heavy atom. The molecule has 4 nitrogen and oxygen atoms in total. The summed E-state index contributed by atoms with van der Waals surface area (Å²) in [6.45, 7) is 6.41. The molecule has 0 bridgehead atoms. The average Bonchev–Trinajstić information content (AvgIpc) is 2.75. The molecule has 0 N–H and O–H groups in total. The Morgan fingerprint density at radius 2 is 1.85 bits per heavy atom. The van der Waals surface area contributed by atoms with Gasteiger partial charge in [-0.2, -0.15) is 0 Å². The molecular weight excluding hydrogens is 334 g/mol. The van der Waals surface area contributed by atoms with Crippen LogP contribution < -0.4 is 0 Å². The molecule has 0 radical (unpaired) electrons. The maximum atomic E-state index is 12.6. The van der Waals surface area contributed by atoms with E-state index in [-0.39, 0.29) is 11.3 Å². The van der Waals surface area contributed by atoms with E-state index in [0.717, 1.165) is 32.5 Å². The number of rotatable bonds is 3. The number of carbonyl (C=O) groups excluding carboxylic acids is 1. The van der Waals surface area contributed by atoms with E-state index in [4.69, 9.17) is 0 Å². The van der Waals surface area contributed by atoms with E-state index in [0.29, 0.717) is 11.6 Å². The van der Waals surface area contributed by atoms with Gasteiger partial charge >= 0.3 is 0 Å². The average molecular weight is 364 g/mol. The number of likely N-dealkylation sites (tertiary alicyclic amines) is 2. The van der Waals surface area contributed by atoms with Crippen LogP contribution in [0.1, 0.15) is 48.5 Å². The molecule has 1 amide bonds. The molecule has 1 aromatic heterocycles. The Bertz CT molecular complexity index is 756. The maximum absolute atomic E-state index is 12.6. The van der Waals surface area contributed by atoms with Gasteiger partial charge in [-0.1, -0.05) is 37.3 Å². The van der Waals surface area contributed by atoms with Crippen LogP contribution in [-0.4, -0.2) is 52.9 Å². The van der Waals surface area contributed by atoms with Crippen LogP contribution >= 0.6 is 0 Å². The van der Waals surface area contributed by atoms with E-state index in [1.807, 2.05) is 17.0 Å². The zero-order valence-corrected chi connectivity index (χ0v) is 16.2. The van der Waals surface area contributed by atoms with E-state index in [1.54, 1.807) is 12.4 Å². The number of benzene rings is 1. The van der Waals surface area contributed by atoms with Gasteiger partial charge in [0.05, 0.1) is 5.56 Å². The van der Waals surface area contributed by atoms with Crippen LogP contribution in [0, 0.1) is 0 Å². The van der Waals surface area contributed by atoms with Crippen LogP contribution in [-0.2, 0) is 5.41 Å². The molecule has 27 heavy (non-hydrogen) atoms. The number of nitrogens with zero attached hydrogens (tertiary/aromatic N) is 3. The lowest BCUT2D eigenvalue weighted by atomic mass is 9.75. The second-order valence-electron chi connectivity index (χ2n) is 8.27. The second kappa shape index (κ2) is 7.81. The van der Waals surface area contributed by atoms with Gasteiger partial charge in [0.25, 0.3) is 5.91 Å². The number of piperidine rings is 2. The summed E-state index contributed by atoms with van der Waals surface area (Å²) >= 11 is 0. The van der Waals surface area contributed by atoms with Crippen molar-refractivity contribution in [3.05, 3.63) is 66.0 Å². The fourth-order valence-corrected chi connectivity index (χ4v) is 4.77. The number of carbonyl (C=O) groups is 1. The molecule has 142 valence electrons. The zero-order chi connectivity index (χ0) is 18.7. The number of pyridine rings is 1. The molecule has 2 aromatic rings. The molecule has 4 rings (SSSR count). The van der Waals surface area contributed by atoms with Gasteiger partial charge in [-0.3, -0.25) is 14.7 Å². The smallest absolute Gasteiger partial charge is 0.255 e. The zero-order valence-electron chi connectivity index (χ0n) is 16.2. The SMILES string of the molecule is C[C@]1(c2ccccc2)CCCN(C2CCN(C(=O)c3cccnc3)CC2)C1. The molecule has 2 aliphatic heterocycles. The number of aromatic nitrogens is 1. The lowest BCUT2D eigenvalue weighted by molar-refractivity contribution is 0.0496. The fourth-order valence-electron chi connectivity index (χ4n) is 4.77. The Morgan fingerprint density at radius 3 is 2.56 bits per heavy atom. The summed E-state index contributed by atoms with van der Waals surface area (Å²) in [5.41, 5.74) is 2.40. The first kappa shape index (κ1) is 18.2. The molecule has 0 spiro atoms. The first-order valence-corrected chi connectivity index (χ1v) is 10.1. The van der Waals surface area contributed by atoms with Crippen molar-refractivity contribution in [2.24, 2.45) is 0 Å². The largest absolute Gasteiger partial charge is 0.338 e. The normalized spacial score (nSPS) is 24.7. The second-order valence-corrected chi connectivity index (χ2v) is 8.27. The Labute approximate surface area is 162 Å². The van der Waals surface area contributed by atoms with Crippen LogP contribution in [0.25, 0.3) is 0 Å². The fraction of sp³-hybridized carbons (Fsp3) is 0.478. The lowest BCUT2D eigenvalue weighted by Crippen LogP contribution is -2.52.